The van der Waals surface area contributed by atoms with Crippen LogP contribution in [0.15, 0.2) is 60.7 Å². The maximum absolute atomic E-state index is 3.66. The fourth-order valence-electron chi connectivity index (χ4n) is 3.69. The van der Waals surface area contributed by atoms with E-state index < -0.39 is 0 Å². The van der Waals surface area contributed by atoms with Gasteiger partial charge in [-0.25, -0.2) is 0 Å². The first-order chi connectivity index (χ1) is 11.9. The van der Waals surface area contributed by atoms with E-state index >= 15 is 0 Å². The Hall–Kier alpha value is -1.64. The lowest BCUT2D eigenvalue weighted by Crippen LogP contribution is -2.36. The number of piperidine rings is 1. The predicted octanol–water partition coefficient (Wildman–Crippen LogP) is 4.28. The third kappa shape index (κ3) is 5.19. The lowest BCUT2D eigenvalue weighted by molar-refractivity contribution is 0.229. The average Bonchev–Trinajstić information content (AvgIpc) is 2.67. The van der Waals surface area contributed by atoms with E-state index in [1.807, 2.05) is 0 Å². The topological polar surface area (TPSA) is 15.3 Å². The van der Waals surface area contributed by atoms with Crippen molar-refractivity contribution in [1.29, 1.82) is 0 Å². The Morgan fingerprint density at radius 2 is 1.33 bits per heavy atom. The molecule has 0 bridgehead atoms. The first-order valence-corrected chi connectivity index (χ1v) is 9.46. The summed E-state index contributed by atoms with van der Waals surface area (Å²) in [4.78, 5) is 2.60. The van der Waals surface area contributed by atoms with Gasteiger partial charge in [-0.2, -0.15) is 0 Å². The molecular formula is C22H30N2. The molecule has 0 aliphatic carbocycles. The summed E-state index contributed by atoms with van der Waals surface area (Å²) in [5, 5.41) is 3.66. The molecule has 3 rings (SSSR count). The molecule has 1 fully saturated rings. The van der Waals surface area contributed by atoms with E-state index in [4.69, 9.17) is 0 Å². The van der Waals surface area contributed by atoms with Crippen molar-refractivity contribution in [2.75, 3.05) is 32.7 Å². The van der Waals surface area contributed by atoms with Crippen molar-refractivity contribution in [3.05, 3.63) is 71.8 Å². The molecule has 2 heteroatoms. The number of hydrogen-bond acceptors (Lipinski definition) is 2. The molecular weight excluding hydrogens is 292 g/mol. The van der Waals surface area contributed by atoms with Crippen LogP contribution in [-0.2, 0) is 0 Å². The van der Waals surface area contributed by atoms with Crippen molar-refractivity contribution in [1.82, 2.24) is 10.2 Å². The summed E-state index contributed by atoms with van der Waals surface area (Å²) >= 11 is 0. The van der Waals surface area contributed by atoms with Gasteiger partial charge in [0.1, 0.15) is 0 Å². The van der Waals surface area contributed by atoms with Crippen LogP contribution in [0.5, 0.6) is 0 Å². The van der Waals surface area contributed by atoms with Crippen LogP contribution in [-0.4, -0.2) is 37.6 Å². The number of hydrogen-bond donors (Lipinski definition) is 1. The summed E-state index contributed by atoms with van der Waals surface area (Å²) in [6.45, 7) is 5.95. The minimum atomic E-state index is 0.481. The molecule has 0 atom stereocenters. The first kappa shape index (κ1) is 17.2. The zero-order valence-corrected chi connectivity index (χ0v) is 14.7. The minimum Gasteiger partial charge on any atom is -0.315 e. The van der Waals surface area contributed by atoms with Crippen LogP contribution in [0.1, 0.15) is 42.7 Å². The zero-order chi connectivity index (χ0) is 16.5. The van der Waals surface area contributed by atoms with Gasteiger partial charge < -0.3 is 10.2 Å². The summed E-state index contributed by atoms with van der Waals surface area (Å²) in [6.07, 6.45) is 5.32. The van der Waals surface area contributed by atoms with Crippen LogP contribution >= 0.6 is 0 Å². The summed E-state index contributed by atoms with van der Waals surface area (Å²) < 4.78 is 0. The Morgan fingerprint density at radius 3 is 1.92 bits per heavy atom. The third-order valence-corrected chi connectivity index (χ3v) is 5.07. The van der Waals surface area contributed by atoms with Gasteiger partial charge in [-0.05, 0) is 50.0 Å². The van der Waals surface area contributed by atoms with Crippen molar-refractivity contribution in [2.24, 2.45) is 0 Å². The number of benzene rings is 2. The molecule has 0 aromatic heterocycles. The highest BCUT2D eigenvalue weighted by Gasteiger charge is 2.13. The number of nitrogens with one attached hydrogen (secondary N) is 1. The second kappa shape index (κ2) is 9.61. The molecule has 0 spiro atoms. The number of likely N-dealkylation sites (tertiary alicyclic amines) is 1. The molecule has 0 unspecified atom stereocenters. The minimum absolute atomic E-state index is 0.481. The molecule has 128 valence electrons. The number of rotatable bonds is 8. The van der Waals surface area contributed by atoms with Crippen molar-refractivity contribution in [2.45, 2.75) is 31.6 Å². The van der Waals surface area contributed by atoms with Crippen molar-refractivity contribution in [3.8, 4) is 0 Å². The van der Waals surface area contributed by atoms with E-state index in [0.29, 0.717) is 5.92 Å². The second-order valence-electron chi connectivity index (χ2n) is 6.81. The van der Waals surface area contributed by atoms with Gasteiger partial charge >= 0.3 is 0 Å². The zero-order valence-electron chi connectivity index (χ0n) is 14.7. The van der Waals surface area contributed by atoms with Crippen molar-refractivity contribution < 1.29 is 0 Å². The van der Waals surface area contributed by atoms with Crippen molar-refractivity contribution in [3.63, 3.8) is 0 Å². The largest absolute Gasteiger partial charge is 0.315 e. The van der Waals surface area contributed by atoms with E-state index in [9.17, 15) is 0 Å². The predicted molar refractivity (Wildman–Crippen MR) is 103 cm³/mol. The quantitative estimate of drug-likeness (QED) is 0.730. The van der Waals surface area contributed by atoms with Crippen LogP contribution in [0.2, 0.25) is 0 Å². The molecule has 24 heavy (non-hydrogen) atoms. The molecule has 2 aromatic rings. The summed E-state index contributed by atoms with van der Waals surface area (Å²) in [7, 11) is 0. The van der Waals surface area contributed by atoms with Gasteiger partial charge in [0.05, 0.1) is 0 Å². The van der Waals surface area contributed by atoms with E-state index in [0.717, 1.165) is 19.5 Å². The Balaban J connectivity index is 1.49. The van der Waals surface area contributed by atoms with E-state index in [2.05, 4.69) is 70.9 Å². The highest BCUT2D eigenvalue weighted by molar-refractivity contribution is 5.32. The summed E-state index contributed by atoms with van der Waals surface area (Å²) in [6, 6.07) is 21.8. The smallest absolute Gasteiger partial charge is 0.0107 e. The molecule has 0 amide bonds. The normalized spacial score (nSPS) is 15.7. The molecule has 1 N–H and O–H groups in total. The van der Waals surface area contributed by atoms with Gasteiger partial charge in [0, 0.05) is 19.0 Å². The van der Waals surface area contributed by atoms with Gasteiger partial charge in [-0.3, -0.25) is 0 Å². The van der Waals surface area contributed by atoms with E-state index in [1.165, 1.54) is 50.0 Å². The molecule has 0 saturated carbocycles. The lowest BCUT2D eigenvalue weighted by Gasteiger charge is -2.26. The Kier molecular flexibility index (Phi) is 6.88. The Bertz CT molecular complexity index is 522. The highest BCUT2D eigenvalue weighted by atomic mass is 15.1. The molecule has 1 heterocycles. The standard InChI is InChI=1S/C22H30N2/c1-4-10-20(11-5-1)22(21-12-6-2-7-13-21)14-15-23-16-19-24-17-8-3-9-18-24/h1-2,4-7,10-13,22-23H,3,8-9,14-19H2. The maximum atomic E-state index is 3.66. The van der Waals surface area contributed by atoms with Gasteiger partial charge in [0.15, 0.2) is 0 Å². The van der Waals surface area contributed by atoms with Gasteiger partial charge in [0.2, 0.25) is 0 Å². The number of nitrogens with zero attached hydrogens (tertiary/aromatic N) is 1. The molecule has 0 radical (unpaired) electrons. The summed E-state index contributed by atoms with van der Waals surface area (Å²) in [5.41, 5.74) is 2.84. The van der Waals surface area contributed by atoms with E-state index in [-0.39, 0.29) is 0 Å². The Morgan fingerprint density at radius 1 is 0.750 bits per heavy atom. The molecule has 1 saturated heterocycles. The van der Waals surface area contributed by atoms with Gasteiger partial charge in [0.25, 0.3) is 0 Å². The monoisotopic (exact) mass is 322 g/mol. The van der Waals surface area contributed by atoms with Crippen molar-refractivity contribution >= 4 is 0 Å². The van der Waals surface area contributed by atoms with Crippen LogP contribution in [0, 0.1) is 0 Å². The molecule has 1 aliphatic rings. The van der Waals surface area contributed by atoms with E-state index in [1.54, 1.807) is 0 Å². The lowest BCUT2D eigenvalue weighted by atomic mass is 9.88. The maximum Gasteiger partial charge on any atom is 0.0107 e. The first-order valence-electron chi connectivity index (χ1n) is 9.46. The fourth-order valence-corrected chi connectivity index (χ4v) is 3.69. The molecule has 2 nitrogen and oxygen atoms in total. The fraction of sp³-hybridized carbons (Fsp3) is 0.455. The third-order valence-electron chi connectivity index (χ3n) is 5.07. The van der Waals surface area contributed by atoms with Crippen LogP contribution in [0.25, 0.3) is 0 Å². The SMILES string of the molecule is c1ccc(C(CCNCCN2CCCCC2)c2ccccc2)cc1. The Labute approximate surface area is 146 Å². The van der Waals surface area contributed by atoms with Crippen LogP contribution in [0.4, 0.5) is 0 Å². The van der Waals surface area contributed by atoms with Gasteiger partial charge in [-0.1, -0.05) is 67.1 Å². The van der Waals surface area contributed by atoms with Gasteiger partial charge in [-0.15, -0.1) is 0 Å². The summed E-state index contributed by atoms with van der Waals surface area (Å²) in [5.74, 6) is 0.481. The van der Waals surface area contributed by atoms with Crippen LogP contribution in [0.3, 0.4) is 0 Å². The van der Waals surface area contributed by atoms with Crippen LogP contribution < -0.4 is 5.32 Å². The molecule has 1 aliphatic heterocycles. The average molecular weight is 322 g/mol. The second-order valence-corrected chi connectivity index (χ2v) is 6.81. The molecule has 2 aromatic carbocycles. The highest BCUT2D eigenvalue weighted by Crippen LogP contribution is 2.27.